The minimum atomic E-state index is -0.686. The van der Waals surface area contributed by atoms with Crippen LogP contribution in [0.25, 0.3) is 0 Å². The van der Waals surface area contributed by atoms with Gasteiger partial charge in [0, 0.05) is 19.8 Å². The first kappa shape index (κ1) is 45.8. The third-order valence-corrected chi connectivity index (χ3v) is 9.10. The molecule has 2 atom stereocenters. The Bertz CT molecular complexity index is 693. The van der Waals surface area contributed by atoms with Crippen LogP contribution in [-0.4, -0.2) is 56.9 Å². The molecule has 0 spiro atoms. The first-order valence-electron chi connectivity index (χ1n) is 20.5. The monoisotopic (exact) mass is 663 g/mol. The minimum absolute atomic E-state index is 0.320. The molecule has 0 bridgehead atoms. The highest BCUT2D eigenvalue weighted by molar-refractivity contribution is 5.79. The maximum absolute atomic E-state index is 12.3. The minimum Gasteiger partial charge on any atom is -0.374 e. The predicted molar refractivity (Wildman–Crippen MR) is 206 cm³/mol. The number of allylic oxidation sites excluding steroid dienone is 4. The average Bonchev–Trinajstić information content (AvgIpc) is 3.05. The summed E-state index contributed by atoms with van der Waals surface area (Å²) in [6.07, 6.45) is 44.5. The maximum Gasteiger partial charge on any atom is 0.249 e. The number of primary amides is 1. The lowest BCUT2D eigenvalue weighted by Crippen LogP contribution is -2.47. The van der Waals surface area contributed by atoms with E-state index >= 15 is 0 Å². The highest BCUT2D eigenvalue weighted by Crippen LogP contribution is 2.14. The van der Waals surface area contributed by atoms with Gasteiger partial charge >= 0.3 is 0 Å². The standard InChI is InChI=1S/C42H82N2O3/c1-5-7-9-11-13-15-17-19-21-23-25-27-29-31-33-35-37-46-40(39-44(3)4)41(42(43)45)47-38-36-34-32-30-28-26-24-22-20-18-16-14-12-10-8-6-2/h19-22,40-41H,5-18,23-39H2,1-4H3,(H2,43,45)/b21-19-,22-20-. The van der Waals surface area contributed by atoms with Gasteiger partial charge in [0.25, 0.3) is 0 Å². The molecule has 0 saturated heterocycles. The third kappa shape index (κ3) is 34.5. The van der Waals surface area contributed by atoms with Gasteiger partial charge in [0.15, 0.2) is 6.10 Å². The van der Waals surface area contributed by atoms with E-state index in [2.05, 4.69) is 43.1 Å². The Balaban J connectivity index is 3.90. The van der Waals surface area contributed by atoms with Gasteiger partial charge in [-0.3, -0.25) is 4.79 Å². The Morgan fingerprint density at radius 1 is 0.511 bits per heavy atom. The lowest BCUT2D eigenvalue weighted by Gasteiger charge is -2.27. The molecule has 0 fully saturated rings. The van der Waals surface area contributed by atoms with Crippen molar-refractivity contribution in [3.8, 4) is 0 Å². The zero-order valence-electron chi connectivity index (χ0n) is 32.1. The second-order valence-electron chi connectivity index (χ2n) is 14.2. The van der Waals surface area contributed by atoms with Gasteiger partial charge in [-0.15, -0.1) is 0 Å². The molecular weight excluding hydrogens is 580 g/mol. The van der Waals surface area contributed by atoms with Crippen LogP contribution >= 0.6 is 0 Å². The Hall–Kier alpha value is -1.17. The second kappa shape index (κ2) is 37.6. The molecule has 0 aliphatic carbocycles. The molecule has 1 amide bonds. The molecule has 5 nitrogen and oxygen atoms in total. The lowest BCUT2D eigenvalue weighted by atomic mass is 10.1. The van der Waals surface area contributed by atoms with E-state index in [0.717, 1.165) is 19.3 Å². The molecule has 0 aromatic heterocycles. The number of nitrogens with zero attached hydrogens (tertiary/aromatic N) is 1. The Morgan fingerprint density at radius 2 is 0.830 bits per heavy atom. The summed E-state index contributed by atoms with van der Waals surface area (Å²) in [6, 6.07) is 0. The number of rotatable bonds is 38. The fourth-order valence-corrected chi connectivity index (χ4v) is 6.11. The lowest BCUT2D eigenvalue weighted by molar-refractivity contribution is -0.143. The van der Waals surface area contributed by atoms with E-state index in [1.54, 1.807) is 0 Å². The van der Waals surface area contributed by atoms with Crippen molar-refractivity contribution in [3.05, 3.63) is 24.3 Å². The van der Waals surface area contributed by atoms with Crippen LogP contribution < -0.4 is 5.73 Å². The number of hydrogen-bond acceptors (Lipinski definition) is 4. The van der Waals surface area contributed by atoms with E-state index in [1.807, 2.05) is 14.1 Å². The molecule has 0 aliphatic rings. The van der Waals surface area contributed by atoms with Gasteiger partial charge in [0.2, 0.25) is 5.91 Å². The highest BCUT2D eigenvalue weighted by Gasteiger charge is 2.28. The van der Waals surface area contributed by atoms with Gasteiger partial charge in [-0.1, -0.05) is 154 Å². The van der Waals surface area contributed by atoms with Crippen molar-refractivity contribution in [2.24, 2.45) is 5.73 Å². The van der Waals surface area contributed by atoms with Gasteiger partial charge in [0.05, 0.1) is 0 Å². The molecule has 0 aromatic rings. The number of ether oxygens (including phenoxy) is 2. The number of unbranched alkanes of at least 4 members (excludes halogenated alkanes) is 24. The molecule has 2 unspecified atom stereocenters. The number of carbonyl (C=O) groups excluding carboxylic acids is 1. The summed E-state index contributed by atoms with van der Waals surface area (Å²) in [5.41, 5.74) is 5.78. The van der Waals surface area contributed by atoms with Gasteiger partial charge in [0.1, 0.15) is 6.10 Å². The van der Waals surface area contributed by atoms with Crippen molar-refractivity contribution in [1.82, 2.24) is 4.90 Å². The smallest absolute Gasteiger partial charge is 0.249 e. The average molecular weight is 663 g/mol. The molecule has 47 heavy (non-hydrogen) atoms. The summed E-state index contributed by atoms with van der Waals surface area (Å²) in [4.78, 5) is 14.3. The Labute approximate surface area is 294 Å². The van der Waals surface area contributed by atoms with Gasteiger partial charge in [-0.05, 0) is 78.3 Å². The second-order valence-corrected chi connectivity index (χ2v) is 14.2. The van der Waals surface area contributed by atoms with Crippen LogP contribution in [-0.2, 0) is 14.3 Å². The first-order chi connectivity index (χ1) is 23.0. The Kier molecular flexibility index (Phi) is 36.7. The van der Waals surface area contributed by atoms with E-state index in [4.69, 9.17) is 15.2 Å². The van der Waals surface area contributed by atoms with Crippen LogP contribution in [0.15, 0.2) is 24.3 Å². The first-order valence-corrected chi connectivity index (χ1v) is 20.5. The molecular formula is C42H82N2O3. The van der Waals surface area contributed by atoms with E-state index in [9.17, 15) is 4.79 Å². The van der Waals surface area contributed by atoms with Crippen molar-refractivity contribution in [2.75, 3.05) is 33.9 Å². The summed E-state index contributed by atoms with van der Waals surface area (Å²) in [5.74, 6) is -0.414. The number of amides is 1. The van der Waals surface area contributed by atoms with Crippen LogP contribution in [0.5, 0.6) is 0 Å². The summed E-state index contributed by atoms with van der Waals surface area (Å²) >= 11 is 0. The fourth-order valence-electron chi connectivity index (χ4n) is 6.11. The van der Waals surface area contributed by atoms with Crippen LogP contribution in [0.3, 0.4) is 0 Å². The zero-order valence-corrected chi connectivity index (χ0v) is 32.1. The van der Waals surface area contributed by atoms with Crippen LogP contribution in [0.2, 0.25) is 0 Å². The van der Waals surface area contributed by atoms with Crippen LogP contribution in [0.1, 0.15) is 194 Å². The van der Waals surface area contributed by atoms with E-state index in [-0.39, 0.29) is 6.10 Å². The summed E-state index contributed by atoms with van der Waals surface area (Å²) in [5, 5.41) is 0. The van der Waals surface area contributed by atoms with Gasteiger partial charge in [-0.25, -0.2) is 0 Å². The van der Waals surface area contributed by atoms with Crippen molar-refractivity contribution in [3.63, 3.8) is 0 Å². The molecule has 0 heterocycles. The quantitative estimate of drug-likeness (QED) is 0.0528. The summed E-state index contributed by atoms with van der Waals surface area (Å²) < 4.78 is 12.2. The molecule has 0 rings (SSSR count). The van der Waals surface area contributed by atoms with Crippen molar-refractivity contribution < 1.29 is 14.3 Å². The normalized spacial score (nSPS) is 13.4. The number of nitrogens with two attached hydrogens (primary N) is 1. The molecule has 5 heteroatoms. The fraction of sp³-hybridized carbons (Fsp3) is 0.881. The van der Waals surface area contributed by atoms with Crippen LogP contribution in [0, 0.1) is 0 Å². The molecule has 0 aliphatic heterocycles. The zero-order chi connectivity index (χ0) is 34.5. The molecule has 0 aromatic carbocycles. The van der Waals surface area contributed by atoms with Crippen molar-refractivity contribution in [1.29, 1.82) is 0 Å². The SMILES string of the molecule is CCCCCCCC/C=C\CCCCCCCCOC(CN(C)C)C(OCCCCCCCC/C=C\CCCCCCCC)C(N)=O. The van der Waals surface area contributed by atoms with E-state index in [1.165, 1.54) is 161 Å². The predicted octanol–water partition coefficient (Wildman–Crippen LogP) is 11.9. The molecule has 278 valence electrons. The highest BCUT2D eigenvalue weighted by atomic mass is 16.5. The van der Waals surface area contributed by atoms with E-state index in [0.29, 0.717) is 19.8 Å². The number of carbonyl (C=O) groups is 1. The summed E-state index contributed by atoms with van der Waals surface area (Å²) in [7, 11) is 4.01. The van der Waals surface area contributed by atoms with Crippen molar-refractivity contribution in [2.45, 2.75) is 206 Å². The van der Waals surface area contributed by atoms with Crippen LogP contribution in [0.4, 0.5) is 0 Å². The summed E-state index contributed by atoms with van der Waals surface area (Å²) in [6.45, 7) is 6.41. The maximum atomic E-state index is 12.3. The van der Waals surface area contributed by atoms with Gasteiger partial charge in [-0.2, -0.15) is 0 Å². The topological polar surface area (TPSA) is 64.8 Å². The number of likely N-dealkylation sites (N-methyl/N-ethyl adjacent to an activating group) is 1. The molecule has 2 N–H and O–H groups in total. The largest absolute Gasteiger partial charge is 0.374 e. The molecule has 0 radical (unpaired) electrons. The third-order valence-electron chi connectivity index (χ3n) is 9.10. The van der Waals surface area contributed by atoms with Crippen molar-refractivity contribution >= 4 is 5.91 Å². The van der Waals surface area contributed by atoms with Gasteiger partial charge < -0.3 is 20.1 Å². The molecule has 0 saturated carbocycles. The van der Waals surface area contributed by atoms with E-state index < -0.39 is 12.0 Å². The Morgan fingerprint density at radius 3 is 1.17 bits per heavy atom. The number of hydrogen-bond donors (Lipinski definition) is 1.